The lowest BCUT2D eigenvalue weighted by atomic mass is 10.3. The Kier molecular flexibility index (Phi) is 5.93. The van der Waals surface area contributed by atoms with Crippen molar-refractivity contribution in [2.45, 2.75) is 18.0 Å². The first-order valence-corrected chi connectivity index (χ1v) is 7.61. The summed E-state index contributed by atoms with van der Waals surface area (Å²) in [6.07, 6.45) is 1.28. The number of aryl methyl sites for hydroxylation is 1. The normalized spacial score (nSPS) is 13.2. The first-order chi connectivity index (χ1) is 9.29. The van der Waals surface area contributed by atoms with Gasteiger partial charge in [-0.15, -0.1) is 0 Å². The van der Waals surface area contributed by atoms with Crippen LogP contribution in [0.15, 0.2) is 11.4 Å². The van der Waals surface area contributed by atoms with E-state index in [0.717, 1.165) is 0 Å². The molecule has 1 unspecified atom stereocenters. The van der Waals surface area contributed by atoms with E-state index in [0.29, 0.717) is 13.2 Å². The molecule has 1 heterocycles. The number of halogens is 1. The molecule has 8 nitrogen and oxygen atoms in total. The zero-order chi connectivity index (χ0) is 15.3. The van der Waals surface area contributed by atoms with Crippen LogP contribution in [0.25, 0.3) is 0 Å². The number of sulfonamides is 1. The first kappa shape index (κ1) is 16.9. The van der Waals surface area contributed by atoms with Gasteiger partial charge in [-0.25, -0.2) is 13.4 Å². The highest BCUT2D eigenvalue weighted by atomic mass is 35.5. The van der Waals surface area contributed by atoms with E-state index in [1.165, 1.54) is 24.9 Å². The van der Waals surface area contributed by atoms with Crippen LogP contribution in [0.2, 0.25) is 5.15 Å². The summed E-state index contributed by atoms with van der Waals surface area (Å²) in [7, 11) is -0.885. The topological polar surface area (TPSA) is 102 Å². The molecule has 1 atom stereocenters. The maximum absolute atomic E-state index is 12.0. The van der Waals surface area contributed by atoms with Crippen molar-refractivity contribution >= 4 is 27.5 Å². The number of hydrogen-bond donors (Lipinski definition) is 2. The quantitative estimate of drug-likeness (QED) is 0.658. The second-order valence-corrected chi connectivity index (χ2v) is 6.07. The number of carbonyl (C=O) groups is 1. The van der Waals surface area contributed by atoms with Crippen molar-refractivity contribution in [3.05, 3.63) is 11.5 Å². The average molecular weight is 325 g/mol. The summed E-state index contributed by atoms with van der Waals surface area (Å²) in [6, 6.07) is -0.949. The fourth-order valence-electron chi connectivity index (χ4n) is 1.35. The third-order valence-corrected chi connectivity index (χ3v) is 4.45. The predicted octanol–water partition coefficient (Wildman–Crippen LogP) is -0.497. The highest BCUT2D eigenvalue weighted by Gasteiger charge is 2.26. The summed E-state index contributed by atoms with van der Waals surface area (Å²) >= 11 is 5.82. The number of rotatable bonds is 7. The molecule has 114 valence electrons. The van der Waals surface area contributed by atoms with Crippen molar-refractivity contribution in [1.29, 1.82) is 0 Å². The lowest BCUT2D eigenvalue weighted by Gasteiger charge is -2.13. The largest absolute Gasteiger partial charge is 0.383 e. The van der Waals surface area contributed by atoms with Crippen molar-refractivity contribution in [2.24, 2.45) is 7.05 Å². The van der Waals surface area contributed by atoms with Crippen molar-refractivity contribution in [2.75, 3.05) is 20.3 Å². The zero-order valence-electron chi connectivity index (χ0n) is 11.4. The van der Waals surface area contributed by atoms with Crippen LogP contribution in [0.4, 0.5) is 0 Å². The van der Waals surface area contributed by atoms with Crippen LogP contribution in [0.1, 0.15) is 6.92 Å². The molecule has 1 rings (SSSR count). The number of hydrogen-bond acceptors (Lipinski definition) is 5. The van der Waals surface area contributed by atoms with Gasteiger partial charge in [0.25, 0.3) is 10.0 Å². The van der Waals surface area contributed by atoms with E-state index in [-0.39, 0.29) is 10.2 Å². The number of nitrogens with zero attached hydrogens (tertiary/aromatic N) is 2. The maximum Gasteiger partial charge on any atom is 0.261 e. The van der Waals surface area contributed by atoms with Gasteiger partial charge in [-0.05, 0) is 6.92 Å². The predicted molar refractivity (Wildman–Crippen MR) is 72.9 cm³/mol. The number of carbonyl (C=O) groups excluding carboxylic acids is 1. The summed E-state index contributed by atoms with van der Waals surface area (Å²) in [4.78, 5) is 15.4. The zero-order valence-corrected chi connectivity index (χ0v) is 13.0. The van der Waals surface area contributed by atoms with Gasteiger partial charge in [-0.2, -0.15) is 4.72 Å². The minimum Gasteiger partial charge on any atom is -0.383 e. The molecule has 0 spiro atoms. The Labute approximate surface area is 122 Å². The molecule has 2 N–H and O–H groups in total. The van der Waals surface area contributed by atoms with Gasteiger partial charge >= 0.3 is 0 Å². The lowest BCUT2D eigenvalue weighted by Crippen LogP contribution is -2.45. The Hall–Kier alpha value is -1.16. The molecule has 0 fully saturated rings. The molecule has 0 radical (unpaired) electrons. The summed E-state index contributed by atoms with van der Waals surface area (Å²) in [5.41, 5.74) is 0. The van der Waals surface area contributed by atoms with Gasteiger partial charge in [-0.3, -0.25) is 4.79 Å². The summed E-state index contributed by atoms with van der Waals surface area (Å²) in [5.74, 6) is -0.460. The fourth-order valence-corrected chi connectivity index (χ4v) is 2.98. The van der Waals surface area contributed by atoms with Crippen LogP contribution in [-0.2, 0) is 26.6 Å². The molecule has 0 aliphatic carbocycles. The smallest absolute Gasteiger partial charge is 0.261 e. The highest BCUT2D eigenvalue weighted by molar-refractivity contribution is 7.89. The number of methoxy groups -OCH3 is 1. The van der Waals surface area contributed by atoms with Gasteiger partial charge in [-0.1, -0.05) is 11.6 Å². The standard InChI is InChI=1S/C10H17ClN4O4S/c1-7(9(16)12-4-5-19-3)14-20(17,18)10-8(11)15(2)6-13-10/h6-7,14H,4-5H2,1-3H3,(H,12,16). The van der Waals surface area contributed by atoms with Crippen LogP contribution in [0.3, 0.4) is 0 Å². The molecule has 1 aromatic heterocycles. The molecule has 0 aliphatic heterocycles. The Morgan fingerprint density at radius 1 is 1.60 bits per heavy atom. The number of amides is 1. The van der Waals surface area contributed by atoms with Crippen LogP contribution in [0, 0.1) is 0 Å². The van der Waals surface area contributed by atoms with Gasteiger partial charge in [0.15, 0.2) is 0 Å². The Balaban J connectivity index is 2.71. The van der Waals surface area contributed by atoms with Gasteiger partial charge in [0.2, 0.25) is 10.9 Å². The molecule has 1 aromatic rings. The summed E-state index contributed by atoms with van der Waals surface area (Å²) in [6.45, 7) is 2.07. The van der Waals surface area contributed by atoms with E-state index in [9.17, 15) is 13.2 Å². The van der Waals surface area contributed by atoms with E-state index in [4.69, 9.17) is 16.3 Å². The molecule has 0 saturated heterocycles. The molecule has 0 bridgehead atoms. The van der Waals surface area contributed by atoms with Crippen molar-refractivity contribution < 1.29 is 17.9 Å². The minimum absolute atomic E-state index is 0.0236. The summed E-state index contributed by atoms with van der Waals surface area (Å²) in [5, 5.41) is 2.20. The molecule has 10 heteroatoms. The molecule has 20 heavy (non-hydrogen) atoms. The van der Waals surface area contributed by atoms with Crippen LogP contribution < -0.4 is 10.0 Å². The Morgan fingerprint density at radius 3 is 2.75 bits per heavy atom. The van der Waals surface area contributed by atoms with Gasteiger partial charge in [0.1, 0.15) is 5.15 Å². The molecule has 1 amide bonds. The van der Waals surface area contributed by atoms with Gasteiger partial charge in [0, 0.05) is 20.7 Å². The van der Waals surface area contributed by atoms with E-state index >= 15 is 0 Å². The molecular weight excluding hydrogens is 308 g/mol. The molecule has 0 saturated carbocycles. The Morgan fingerprint density at radius 2 is 2.25 bits per heavy atom. The third kappa shape index (κ3) is 4.17. The van der Waals surface area contributed by atoms with Crippen molar-refractivity contribution in [3.8, 4) is 0 Å². The van der Waals surface area contributed by atoms with Crippen LogP contribution >= 0.6 is 11.6 Å². The monoisotopic (exact) mass is 324 g/mol. The SMILES string of the molecule is COCCNC(=O)C(C)NS(=O)(=O)c1ncn(C)c1Cl. The average Bonchev–Trinajstić information content (AvgIpc) is 2.70. The molecule has 0 aliphatic rings. The van der Waals surface area contributed by atoms with Crippen molar-refractivity contribution in [3.63, 3.8) is 0 Å². The molecule has 0 aromatic carbocycles. The highest BCUT2D eigenvalue weighted by Crippen LogP contribution is 2.18. The number of nitrogens with one attached hydrogen (secondary N) is 2. The summed E-state index contributed by atoms with van der Waals surface area (Å²) < 4.78 is 32.4. The second-order valence-electron chi connectivity index (χ2n) is 4.08. The number of imidazole rings is 1. The van der Waals surface area contributed by atoms with Gasteiger partial charge < -0.3 is 14.6 Å². The van der Waals surface area contributed by atoms with E-state index in [2.05, 4.69) is 15.0 Å². The Bertz CT molecular complexity index is 572. The fraction of sp³-hybridized carbons (Fsp3) is 0.600. The minimum atomic E-state index is -3.95. The van der Waals surface area contributed by atoms with Crippen molar-refractivity contribution in [1.82, 2.24) is 19.6 Å². The first-order valence-electron chi connectivity index (χ1n) is 5.75. The maximum atomic E-state index is 12.0. The van der Waals surface area contributed by atoms with E-state index in [1.54, 1.807) is 7.05 Å². The van der Waals surface area contributed by atoms with Crippen LogP contribution in [0.5, 0.6) is 0 Å². The van der Waals surface area contributed by atoms with Gasteiger partial charge in [0.05, 0.1) is 19.0 Å². The van der Waals surface area contributed by atoms with E-state index < -0.39 is 22.0 Å². The second kappa shape index (κ2) is 7.02. The number of aromatic nitrogens is 2. The lowest BCUT2D eigenvalue weighted by molar-refractivity contribution is -0.122. The van der Waals surface area contributed by atoms with Crippen LogP contribution in [-0.4, -0.2) is 50.2 Å². The molecular formula is C10H17ClN4O4S. The number of ether oxygens (including phenoxy) is 1. The van der Waals surface area contributed by atoms with E-state index in [1.807, 2.05) is 0 Å². The third-order valence-electron chi connectivity index (χ3n) is 2.42.